The van der Waals surface area contributed by atoms with Gasteiger partial charge in [-0.25, -0.2) is 4.79 Å². The Morgan fingerprint density at radius 3 is 2.31 bits per heavy atom. The van der Waals surface area contributed by atoms with E-state index in [2.05, 4.69) is 0 Å². The number of hydrogen-bond donors (Lipinski definition) is 1. The Morgan fingerprint density at radius 2 is 1.81 bits per heavy atom. The monoisotopic (exact) mass is 226 g/mol. The van der Waals surface area contributed by atoms with Gasteiger partial charge in [-0.15, -0.1) is 0 Å². The predicted molar refractivity (Wildman–Crippen MR) is 61.0 cm³/mol. The minimum Gasteiger partial charge on any atom is -0.478 e. The highest BCUT2D eigenvalue weighted by Gasteiger charge is 1.96. The first kappa shape index (κ1) is 14.4. The molecule has 0 aliphatic heterocycles. The molecule has 0 atom stereocenters. The van der Waals surface area contributed by atoms with Gasteiger partial charge in [0.15, 0.2) is 0 Å². The van der Waals surface area contributed by atoms with E-state index in [1.54, 1.807) is 6.92 Å². The van der Waals surface area contributed by atoms with E-state index in [0.29, 0.717) is 13.0 Å². The molecule has 4 nitrogen and oxygen atoms in total. The van der Waals surface area contributed by atoms with Crippen LogP contribution in [0.1, 0.15) is 33.6 Å². The van der Waals surface area contributed by atoms with Crippen molar-refractivity contribution in [2.45, 2.75) is 33.6 Å². The zero-order valence-electron chi connectivity index (χ0n) is 9.95. The van der Waals surface area contributed by atoms with Crippen LogP contribution < -0.4 is 0 Å². The molecule has 0 saturated carbocycles. The molecule has 0 bridgehead atoms. The zero-order chi connectivity index (χ0) is 12.6. The van der Waals surface area contributed by atoms with Crippen LogP contribution in [-0.4, -0.2) is 23.7 Å². The van der Waals surface area contributed by atoms with E-state index in [1.807, 2.05) is 13.0 Å². The summed E-state index contributed by atoms with van der Waals surface area (Å²) in [4.78, 5) is 20.9. The van der Waals surface area contributed by atoms with Crippen molar-refractivity contribution in [3.8, 4) is 0 Å². The lowest BCUT2D eigenvalue weighted by Gasteiger charge is -2.02. The normalized spacial score (nSPS) is 12.4. The second kappa shape index (κ2) is 7.68. The topological polar surface area (TPSA) is 63.6 Å². The number of carbonyl (C=O) groups is 2. The Hall–Kier alpha value is -1.58. The molecule has 0 unspecified atom stereocenters. The van der Waals surface area contributed by atoms with Gasteiger partial charge in [-0.1, -0.05) is 11.6 Å². The van der Waals surface area contributed by atoms with Gasteiger partial charge >= 0.3 is 11.9 Å². The second-order valence-corrected chi connectivity index (χ2v) is 3.70. The summed E-state index contributed by atoms with van der Waals surface area (Å²) in [6.07, 6.45) is 4.60. The number of esters is 1. The quantitative estimate of drug-likeness (QED) is 0.429. The Kier molecular flexibility index (Phi) is 6.92. The summed E-state index contributed by atoms with van der Waals surface area (Å²) in [6, 6.07) is 0. The van der Waals surface area contributed by atoms with Crippen molar-refractivity contribution in [2.24, 2.45) is 0 Å². The highest BCUT2D eigenvalue weighted by Crippen LogP contribution is 2.06. The Morgan fingerprint density at radius 1 is 1.19 bits per heavy atom. The average molecular weight is 226 g/mol. The summed E-state index contributed by atoms with van der Waals surface area (Å²) >= 11 is 0. The maximum atomic E-state index is 10.5. The molecular weight excluding hydrogens is 208 g/mol. The van der Waals surface area contributed by atoms with Crippen LogP contribution in [0.3, 0.4) is 0 Å². The van der Waals surface area contributed by atoms with Crippen LogP contribution in [-0.2, 0) is 14.3 Å². The average Bonchev–Trinajstić information content (AvgIpc) is 2.13. The van der Waals surface area contributed by atoms with Crippen LogP contribution >= 0.6 is 0 Å². The maximum Gasteiger partial charge on any atom is 0.328 e. The number of carboxylic acids is 1. The van der Waals surface area contributed by atoms with Crippen LogP contribution in [0.2, 0.25) is 0 Å². The van der Waals surface area contributed by atoms with Gasteiger partial charge in [0, 0.05) is 13.0 Å². The second-order valence-electron chi connectivity index (χ2n) is 3.70. The number of carboxylic acid groups (broad SMARTS) is 1. The van der Waals surface area contributed by atoms with Crippen LogP contribution in [0.25, 0.3) is 0 Å². The van der Waals surface area contributed by atoms with Gasteiger partial charge in [-0.3, -0.25) is 4.79 Å². The molecule has 0 heterocycles. The molecule has 0 saturated heterocycles. The van der Waals surface area contributed by atoms with Gasteiger partial charge in [0.2, 0.25) is 0 Å². The third kappa shape index (κ3) is 8.99. The van der Waals surface area contributed by atoms with Gasteiger partial charge in [0.05, 0.1) is 0 Å². The van der Waals surface area contributed by atoms with E-state index in [0.717, 1.165) is 17.6 Å². The molecule has 0 aliphatic carbocycles. The molecule has 0 aromatic carbocycles. The van der Waals surface area contributed by atoms with Crippen LogP contribution in [0, 0.1) is 0 Å². The molecule has 0 rings (SSSR count). The third-order valence-electron chi connectivity index (χ3n) is 1.90. The van der Waals surface area contributed by atoms with Gasteiger partial charge in [0.1, 0.15) is 6.61 Å². The molecule has 1 N–H and O–H groups in total. The lowest BCUT2D eigenvalue weighted by molar-refractivity contribution is -0.140. The lowest BCUT2D eigenvalue weighted by Crippen LogP contribution is -2.01. The van der Waals surface area contributed by atoms with Gasteiger partial charge in [0.25, 0.3) is 0 Å². The highest BCUT2D eigenvalue weighted by molar-refractivity contribution is 5.80. The molecule has 16 heavy (non-hydrogen) atoms. The molecule has 0 aromatic heterocycles. The third-order valence-corrected chi connectivity index (χ3v) is 1.90. The van der Waals surface area contributed by atoms with Gasteiger partial charge < -0.3 is 9.84 Å². The van der Waals surface area contributed by atoms with Crippen LogP contribution in [0.15, 0.2) is 23.3 Å². The first-order valence-electron chi connectivity index (χ1n) is 5.11. The molecule has 0 aliphatic rings. The number of rotatable bonds is 6. The summed E-state index contributed by atoms with van der Waals surface area (Å²) in [7, 11) is 0. The van der Waals surface area contributed by atoms with Crippen molar-refractivity contribution in [3.63, 3.8) is 0 Å². The summed E-state index contributed by atoms with van der Waals surface area (Å²) in [6.45, 7) is 5.33. The molecule has 0 aromatic rings. The van der Waals surface area contributed by atoms with Crippen molar-refractivity contribution in [2.75, 3.05) is 6.61 Å². The fourth-order valence-corrected chi connectivity index (χ4v) is 1.10. The van der Waals surface area contributed by atoms with E-state index in [-0.39, 0.29) is 5.97 Å². The van der Waals surface area contributed by atoms with Crippen molar-refractivity contribution < 1.29 is 19.4 Å². The zero-order valence-corrected chi connectivity index (χ0v) is 9.95. The van der Waals surface area contributed by atoms with E-state index in [9.17, 15) is 9.59 Å². The molecule has 0 amide bonds. The van der Waals surface area contributed by atoms with Crippen molar-refractivity contribution in [3.05, 3.63) is 23.3 Å². The van der Waals surface area contributed by atoms with E-state index in [4.69, 9.17) is 9.84 Å². The van der Waals surface area contributed by atoms with Gasteiger partial charge in [-0.2, -0.15) is 0 Å². The van der Waals surface area contributed by atoms with Crippen molar-refractivity contribution in [1.29, 1.82) is 0 Å². The van der Waals surface area contributed by atoms with E-state index < -0.39 is 5.97 Å². The number of hydrogen-bond acceptors (Lipinski definition) is 3. The van der Waals surface area contributed by atoms with Gasteiger partial charge in [-0.05, 0) is 32.3 Å². The fourth-order valence-electron chi connectivity index (χ4n) is 1.10. The smallest absolute Gasteiger partial charge is 0.328 e. The minimum absolute atomic E-state index is 0.297. The summed E-state index contributed by atoms with van der Waals surface area (Å²) in [5.74, 6) is -1.21. The Balaban J connectivity index is 3.90. The number of allylic oxidation sites excluding steroid dienone is 2. The first-order chi connectivity index (χ1) is 7.41. The first-order valence-corrected chi connectivity index (χ1v) is 5.11. The minimum atomic E-state index is -0.918. The molecule has 90 valence electrons. The Labute approximate surface area is 95.6 Å². The SMILES string of the molecule is CC(=O)OC/C(C)=C/CC/C(C)=C/C(=O)O. The Bertz CT molecular complexity index is 313. The lowest BCUT2D eigenvalue weighted by atomic mass is 10.1. The molecule has 0 fully saturated rings. The fraction of sp³-hybridized carbons (Fsp3) is 0.500. The molecular formula is C12H18O4. The predicted octanol–water partition coefficient (Wildman–Crippen LogP) is 2.31. The maximum absolute atomic E-state index is 10.5. The molecule has 0 radical (unpaired) electrons. The highest BCUT2D eigenvalue weighted by atomic mass is 16.5. The van der Waals surface area contributed by atoms with Crippen molar-refractivity contribution >= 4 is 11.9 Å². The van der Waals surface area contributed by atoms with E-state index in [1.165, 1.54) is 13.0 Å². The summed E-state index contributed by atoms with van der Waals surface area (Å²) in [5.41, 5.74) is 1.79. The number of ether oxygens (including phenoxy) is 1. The number of carbonyl (C=O) groups excluding carboxylic acids is 1. The van der Waals surface area contributed by atoms with Crippen molar-refractivity contribution in [1.82, 2.24) is 0 Å². The standard InChI is InChI=1S/C12H18O4/c1-9(7-12(14)15)5-4-6-10(2)8-16-11(3)13/h6-7H,4-5,8H2,1-3H3,(H,14,15)/b9-7+,10-6+. The molecule has 4 heteroatoms. The molecule has 0 spiro atoms. The largest absolute Gasteiger partial charge is 0.478 e. The van der Waals surface area contributed by atoms with Crippen LogP contribution in [0.4, 0.5) is 0 Å². The van der Waals surface area contributed by atoms with E-state index >= 15 is 0 Å². The number of aliphatic carboxylic acids is 1. The summed E-state index contributed by atoms with van der Waals surface area (Å²) < 4.78 is 4.81. The van der Waals surface area contributed by atoms with Crippen LogP contribution in [0.5, 0.6) is 0 Å². The summed E-state index contributed by atoms with van der Waals surface area (Å²) in [5, 5.41) is 8.49.